The molecule has 0 bridgehead atoms. The first-order valence-electron chi connectivity index (χ1n) is 3.05. The minimum atomic E-state index is -4.26. The van der Waals surface area contributed by atoms with Crippen molar-refractivity contribution in [2.75, 3.05) is 0 Å². The zero-order valence-corrected chi connectivity index (χ0v) is 6.15. The van der Waals surface area contributed by atoms with Crippen LogP contribution < -0.4 is 0 Å². The molecule has 11 heavy (non-hydrogen) atoms. The predicted molar refractivity (Wildman–Crippen MR) is 39.1 cm³/mol. The van der Waals surface area contributed by atoms with E-state index in [9.17, 15) is 13.2 Å². The van der Waals surface area contributed by atoms with E-state index in [0.29, 0.717) is 0 Å². The fourth-order valence-corrected chi connectivity index (χ4v) is 0.526. The minimum Gasteiger partial charge on any atom is -0.166 e. The van der Waals surface area contributed by atoms with Crippen molar-refractivity contribution in [1.29, 1.82) is 0 Å². The van der Waals surface area contributed by atoms with Crippen molar-refractivity contribution in [2.45, 2.75) is 13.1 Å². The molecule has 0 rings (SSSR count). The van der Waals surface area contributed by atoms with Gasteiger partial charge >= 0.3 is 6.18 Å². The zero-order chi connectivity index (χ0) is 8.91. The van der Waals surface area contributed by atoms with Crippen LogP contribution >= 0.6 is 0 Å². The molecule has 0 heterocycles. The van der Waals surface area contributed by atoms with Crippen LogP contribution in [0.3, 0.4) is 0 Å². The van der Waals surface area contributed by atoms with Crippen LogP contribution in [0.1, 0.15) is 6.92 Å². The van der Waals surface area contributed by atoms with Gasteiger partial charge in [0, 0.05) is 0 Å². The molecule has 3 heteroatoms. The van der Waals surface area contributed by atoms with Crippen LogP contribution in [0.25, 0.3) is 0 Å². The first-order chi connectivity index (χ1) is 5.02. The third-order valence-corrected chi connectivity index (χ3v) is 1.05. The van der Waals surface area contributed by atoms with Gasteiger partial charge in [-0.25, -0.2) is 0 Å². The van der Waals surface area contributed by atoms with Gasteiger partial charge in [0.2, 0.25) is 0 Å². The Balaban J connectivity index is 4.45. The van der Waals surface area contributed by atoms with Gasteiger partial charge in [0.15, 0.2) is 0 Å². The molecule has 0 saturated carbocycles. The van der Waals surface area contributed by atoms with Crippen LogP contribution in [0, 0.1) is 0 Å². The first-order valence-corrected chi connectivity index (χ1v) is 3.05. The Bertz CT molecular complexity index is 184. The third-order valence-electron chi connectivity index (χ3n) is 1.05. The number of hydrogen-bond donors (Lipinski definition) is 0. The lowest BCUT2D eigenvalue weighted by molar-refractivity contribution is -0.0883. The van der Waals surface area contributed by atoms with E-state index < -0.39 is 11.7 Å². The molecule has 0 nitrogen and oxygen atoms in total. The monoisotopic (exact) mass is 162 g/mol. The van der Waals surface area contributed by atoms with Gasteiger partial charge < -0.3 is 0 Å². The molecule has 0 atom stereocenters. The Hall–Kier alpha value is -0.990. The van der Waals surface area contributed by atoms with E-state index in [2.05, 4.69) is 6.58 Å². The second kappa shape index (κ2) is 4.01. The van der Waals surface area contributed by atoms with Gasteiger partial charge in [-0.1, -0.05) is 30.9 Å². The van der Waals surface area contributed by atoms with E-state index in [-0.39, 0.29) is 0 Å². The van der Waals surface area contributed by atoms with Gasteiger partial charge in [-0.05, 0) is 6.92 Å². The molecule has 0 aliphatic heterocycles. The average Bonchev–Trinajstić information content (AvgIpc) is 1.87. The van der Waals surface area contributed by atoms with E-state index in [1.54, 1.807) is 0 Å². The average molecular weight is 162 g/mol. The lowest BCUT2D eigenvalue weighted by atomic mass is 10.2. The van der Waals surface area contributed by atoms with Gasteiger partial charge in [-0.3, -0.25) is 0 Å². The zero-order valence-electron chi connectivity index (χ0n) is 6.15. The molecule has 0 aliphatic carbocycles. The van der Waals surface area contributed by atoms with Crippen LogP contribution in [-0.4, -0.2) is 6.18 Å². The molecule has 0 fully saturated rings. The standard InChI is InChI=1S/C8H9F3/c1-3-5-6-7(4-2)8(9,10)11/h3-6H,1H2,2H3/b6-5-,7-4-. The molecule has 0 aliphatic rings. The molecule has 0 aromatic carbocycles. The molecule has 0 amide bonds. The maximum atomic E-state index is 11.9. The molecule has 0 saturated heterocycles. The second-order valence-corrected chi connectivity index (χ2v) is 1.84. The normalized spacial score (nSPS) is 14.0. The Morgan fingerprint density at radius 3 is 2.18 bits per heavy atom. The molecule has 0 spiro atoms. The van der Waals surface area contributed by atoms with Gasteiger partial charge in [-0.2, -0.15) is 13.2 Å². The summed E-state index contributed by atoms with van der Waals surface area (Å²) >= 11 is 0. The maximum absolute atomic E-state index is 11.9. The molecule has 0 unspecified atom stereocenters. The molecular weight excluding hydrogens is 153 g/mol. The largest absolute Gasteiger partial charge is 0.416 e. The second-order valence-electron chi connectivity index (χ2n) is 1.84. The number of rotatable bonds is 2. The highest BCUT2D eigenvalue weighted by Gasteiger charge is 2.30. The van der Waals surface area contributed by atoms with Crippen molar-refractivity contribution in [3.05, 3.63) is 36.5 Å². The topological polar surface area (TPSA) is 0 Å². The van der Waals surface area contributed by atoms with Crippen LogP contribution in [0.4, 0.5) is 13.2 Å². The Labute approximate surface area is 63.7 Å². The Kier molecular flexibility index (Phi) is 3.65. The lowest BCUT2D eigenvalue weighted by Gasteiger charge is -2.05. The van der Waals surface area contributed by atoms with Crippen molar-refractivity contribution in [1.82, 2.24) is 0 Å². The summed E-state index contributed by atoms with van der Waals surface area (Å²) in [6.07, 6.45) is 0.291. The summed E-state index contributed by atoms with van der Waals surface area (Å²) in [5, 5.41) is 0. The van der Waals surface area contributed by atoms with Crippen LogP contribution in [0.5, 0.6) is 0 Å². The molecule has 0 N–H and O–H groups in total. The lowest BCUT2D eigenvalue weighted by Crippen LogP contribution is -2.09. The highest BCUT2D eigenvalue weighted by atomic mass is 19.4. The van der Waals surface area contributed by atoms with Crippen molar-refractivity contribution in [3.8, 4) is 0 Å². The van der Waals surface area contributed by atoms with Crippen molar-refractivity contribution in [3.63, 3.8) is 0 Å². The number of halogens is 3. The first kappa shape index (κ1) is 10.0. The van der Waals surface area contributed by atoms with Crippen molar-refractivity contribution < 1.29 is 13.2 Å². The van der Waals surface area contributed by atoms with Gasteiger partial charge in [-0.15, -0.1) is 0 Å². The molecule has 0 aromatic heterocycles. The van der Waals surface area contributed by atoms with E-state index >= 15 is 0 Å². The summed E-state index contributed by atoms with van der Waals surface area (Å²) < 4.78 is 35.7. The highest BCUT2D eigenvalue weighted by Crippen LogP contribution is 2.26. The number of alkyl halides is 3. The number of hydrogen-bond acceptors (Lipinski definition) is 0. The molecule has 62 valence electrons. The van der Waals surface area contributed by atoms with Gasteiger partial charge in [0.1, 0.15) is 0 Å². The predicted octanol–water partition coefficient (Wildman–Crippen LogP) is 3.24. The quantitative estimate of drug-likeness (QED) is 0.547. The van der Waals surface area contributed by atoms with Crippen LogP contribution in [0.2, 0.25) is 0 Å². The maximum Gasteiger partial charge on any atom is 0.416 e. The summed E-state index contributed by atoms with van der Waals surface area (Å²) in [6.45, 7) is 4.61. The summed E-state index contributed by atoms with van der Waals surface area (Å²) in [5.74, 6) is 0. The summed E-state index contributed by atoms with van der Waals surface area (Å²) in [5.41, 5.74) is -0.655. The molecule has 0 aromatic rings. The summed E-state index contributed by atoms with van der Waals surface area (Å²) in [7, 11) is 0. The Morgan fingerprint density at radius 1 is 1.36 bits per heavy atom. The van der Waals surface area contributed by atoms with E-state index in [0.717, 1.165) is 12.2 Å². The summed E-state index contributed by atoms with van der Waals surface area (Å²) in [4.78, 5) is 0. The fourth-order valence-electron chi connectivity index (χ4n) is 0.526. The smallest absolute Gasteiger partial charge is 0.166 e. The molecule has 0 radical (unpaired) electrons. The Morgan fingerprint density at radius 2 is 1.91 bits per heavy atom. The minimum absolute atomic E-state index is 0.655. The van der Waals surface area contributed by atoms with Gasteiger partial charge in [0.05, 0.1) is 5.57 Å². The molecular formula is C8H9F3. The SMILES string of the molecule is C=C/C=C\C(=C\C)C(F)(F)F. The van der Waals surface area contributed by atoms with Gasteiger partial charge in [0.25, 0.3) is 0 Å². The fraction of sp³-hybridized carbons (Fsp3) is 0.250. The van der Waals surface area contributed by atoms with E-state index in [1.165, 1.54) is 19.1 Å². The van der Waals surface area contributed by atoms with Crippen molar-refractivity contribution in [2.24, 2.45) is 0 Å². The highest BCUT2D eigenvalue weighted by molar-refractivity contribution is 5.25. The van der Waals surface area contributed by atoms with Crippen molar-refractivity contribution >= 4 is 0 Å². The van der Waals surface area contributed by atoms with E-state index in [1.807, 2.05) is 0 Å². The van der Waals surface area contributed by atoms with Crippen LogP contribution in [-0.2, 0) is 0 Å². The number of allylic oxidation sites excluding steroid dienone is 5. The summed E-state index contributed by atoms with van der Waals surface area (Å²) in [6, 6.07) is 0. The third kappa shape index (κ3) is 3.65. The van der Waals surface area contributed by atoms with E-state index in [4.69, 9.17) is 0 Å². The van der Waals surface area contributed by atoms with Crippen LogP contribution in [0.15, 0.2) is 36.5 Å².